The molecule has 0 aliphatic carbocycles. The molecule has 1 aliphatic rings. The van der Waals surface area contributed by atoms with Crippen molar-refractivity contribution < 1.29 is 17.9 Å². The number of halogens is 5. The second-order valence-corrected chi connectivity index (χ2v) is 7.33. The van der Waals surface area contributed by atoms with Gasteiger partial charge in [0.05, 0.1) is 0 Å². The summed E-state index contributed by atoms with van der Waals surface area (Å²) in [5, 5.41) is 3.25. The maximum absolute atomic E-state index is 12.2. The van der Waals surface area contributed by atoms with Crippen LogP contribution in [0.3, 0.4) is 0 Å². The maximum atomic E-state index is 12.2. The van der Waals surface area contributed by atoms with Crippen LogP contribution >= 0.6 is 24.8 Å². The van der Waals surface area contributed by atoms with Gasteiger partial charge in [-0.3, -0.25) is 0 Å². The van der Waals surface area contributed by atoms with Gasteiger partial charge in [-0.15, -0.1) is 38.0 Å². The van der Waals surface area contributed by atoms with E-state index in [4.69, 9.17) is 0 Å². The first-order chi connectivity index (χ1) is 13.5. The highest BCUT2D eigenvalue weighted by atomic mass is 35.5. The molecule has 0 bridgehead atoms. The highest BCUT2D eigenvalue weighted by molar-refractivity contribution is 5.85. The van der Waals surface area contributed by atoms with Crippen LogP contribution in [0.25, 0.3) is 0 Å². The van der Waals surface area contributed by atoms with Crippen LogP contribution in [0, 0.1) is 5.92 Å². The third-order valence-electron chi connectivity index (χ3n) is 5.14. The summed E-state index contributed by atoms with van der Waals surface area (Å²) in [6, 6.07) is 16.6. The third-order valence-corrected chi connectivity index (χ3v) is 5.14. The predicted octanol–water partition coefficient (Wildman–Crippen LogP) is 6.19. The van der Waals surface area contributed by atoms with Gasteiger partial charge < -0.3 is 15.0 Å². The molecule has 0 aromatic heterocycles. The standard InChI is InChI=1S/C22H27F3N2O.2ClH/c23-22(24,25)28-21-9-7-20(8-10-21)26-13-4-14-27-15-11-19(12-16-27)17-18-5-2-1-3-6-18;;/h1-3,5-10,19,26H,4,11-17H2;2*1H. The van der Waals surface area contributed by atoms with E-state index < -0.39 is 6.36 Å². The Morgan fingerprint density at radius 3 is 2.17 bits per heavy atom. The second-order valence-electron chi connectivity index (χ2n) is 7.33. The fourth-order valence-electron chi connectivity index (χ4n) is 3.67. The minimum atomic E-state index is -4.65. The first kappa shape index (κ1) is 26.4. The van der Waals surface area contributed by atoms with Crippen molar-refractivity contribution in [3.05, 3.63) is 60.2 Å². The lowest BCUT2D eigenvalue weighted by atomic mass is 9.90. The van der Waals surface area contributed by atoms with E-state index in [0.29, 0.717) is 0 Å². The summed E-state index contributed by atoms with van der Waals surface area (Å²) in [5.74, 6) is 0.575. The Balaban J connectivity index is 0.00000225. The van der Waals surface area contributed by atoms with Crippen molar-refractivity contribution in [2.45, 2.75) is 32.0 Å². The summed E-state index contributed by atoms with van der Waals surface area (Å²) in [4.78, 5) is 2.50. The smallest absolute Gasteiger partial charge is 0.406 e. The first-order valence-electron chi connectivity index (χ1n) is 9.84. The summed E-state index contributed by atoms with van der Waals surface area (Å²) in [6.45, 7) is 4.12. The highest BCUT2D eigenvalue weighted by Crippen LogP contribution is 2.24. The second kappa shape index (κ2) is 12.9. The minimum absolute atomic E-state index is 0. The molecule has 3 nitrogen and oxygen atoms in total. The number of hydrogen-bond acceptors (Lipinski definition) is 3. The van der Waals surface area contributed by atoms with Crippen LogP contribution in [0.15, 0.2) is 54.6 Å². The number of hydrogen-bond donors (Lipinski definition) is 1. The van der Waals surface area contributed by atoms with Gasteiger partial charge >= 0.3 is 6.36 Å². The Hall–Kier alpha value is -1.63. The van der Waals surface area contributed by atoms with Crippen molar-refractivity contribution >= 4 is 30.5 Å². The van der Waals surface area contributed by atoms with Gasteiger partial charge in [0.1, 0.15) is 5.75 Å². The quantitative estimate of drug-likeness (QED) is 0.471. The first-order valence-corrected chi connectivity index (χ1v) is 9.84. The Kier molecular flexibility index (Phi) is 11.4. The normalized spacial score (nSPS) is 15.0. The van der Waals surface area contributed by atoms with E-state index in [1.54, 1.807) is 12.1 Å². The number of nitrogens with zero attached hydrogens (tertiary/aromatic N) is 1. The number of nitrogens with one attached hydrogen (secondary N) is 1. The lowest BCUT2D eigenvalue weighted by Gasteiger charge is -2.32. The SMILES string of the molecule is Cl.Cl.FC(F)(F)Oc1ccc(NCCCN2CCC(Cc3ccccc3)CC2)cc1. The number of anilines is 1. The van der Waals surface area contributed by atoms with Crippen LogP contribution < -0.4 is 10.1 Å². The zero-order valence-corrected chi connectivity index (χ0v) is 18.4. The Bertz CT molecular complexity index is 707. The van der Waals surface area contributed by atoms with E-state index in [1.165, 1.54) is 37.0 Å². The lowest BCUT2D eigenvalue weighted by Crippen LogP contribution is -2.35. The van der Waals surface area contributed by atoms with Crippen LogP contribution in [0.2, 0.25) is 0 Å². The number of benzene rings is 2. The van der Waals surface area contributed by atoms with E-state index >= 15 is 0 Å². The molecule has 3 rings (SSSR count). The van der Waals surface area contributed by atoms with Crippen LogP contribution in [0.5, 0.6) is 5.75 Å². The van der Waals surface area contributed by atoms with Gasteiger partial charge in [0, 0.05) is 12.2 Å². The number of likely N-dealkylation sites (tertiary alicyclic amines) is 1. The molecule has 0 amide bonds. The fraction of sp³-hybridized carbons (Fsp3) is 0.455. The largest absolute Gasteiger partial charge is 0.573 e. The molecule has 0 atom stereocenters. The van der Waals surface area contributed by atoms with E-state index in [9.17, 15) is 13.2 Å². The van der Waals surface area contributed by atoms with E-state index in [0.717, 1.165) is 44.2 Å². The molecule has 0 radical (unpaired) electrons. The van der Waals surface area contributed by atoms with Crippen molar-refractivity contribution in [3.8, 4) is 5.75 Å². The molecular formula is C22H29Cl2F3N2O. The number of rotatable bonds is 8. The minimum Gasteiger partial charge on any atom is -0.406 e. The summed E-state index contributed by atoms with van der Waals surface area (Å²) < 4.78 is 40.3. The van der Waals surface area contributed by atoms with Gasteiger partial charge in [0.2, 0.25) is 0 Å². The van der Waals surface area contributed by atoms with Gasteiger partial charge in [-0.05, 0) is 81.1 Å². The predicted molar refractivity (Wildman–Crippen MR) is 120 cm³/mol. The summed E-state index contributed by atoms with van der Waals surface area (Å²) in [6.07, 6.45) is 0.00388. The van der Waals surface area contributed by atoms with Crippen LogP contribution in [0.4, 0.5) is 18.9 Å². The molecule has 1 heterocycles. The van der Waals surface area contributed by atoms with Crippen LogP contribution in [0.1, 0.15) is 24.8 Å². The van der Waals surface area contributed by atoms with Crippen molar-refractivity contribution in [2.24, 2.45) is 5.92 Å². The molecule has 1 N–H and O–H groups in total. The average Bonchev–Trinajstić information content (AvgIpc) is 2.67. The lowest BCUT2D eigenvalue weighted by molar-refractivity contribution is -0.274. The molecule has 2 aromatic rings. The average molecular weight is 465 g/mol. The zero-order chi connectivity index (χ0) is 19.8. The molecule has 1 saturated heterocycles. The third kappa shape index (κ3) is 9.45. The van der Waals surface area contributed by atoms with Crippen molar-refractivity contribution in [2.75, 3.05) is 31.5 Å². The summed E-state index contributed by atoms with van der Waals surface area (Å²) in [7, 11) is 0. The topological polar surface area (TPSA) is 24.5 Å². The Labute approximate surface area is 188 Å². The Morgan fingerprint density at radius 1 is 0.933 bits per heavy atom. The molecule has 2 aromatic carbocycles. The molecule has 30 heavy (non-hydrogen) atoms. The molecule has 1 aliphatic heterocycles. The molecular weight excluding hydrogens is 436 g/mol. The van der Waals surface area contributed by atoms with Gasteiger partial charge in [0.15, 0.2) is 0 Å². The van der Waals surface area contributed by atoms with Crippen LogP contribution in [-0.2, 0) is 6.42 Å². The molecule has 0 unspecified atom stereocenters. The van der Waals surface area contributed by atoms with Gasteiger partial charge in [-0.25, -0.2) is 0 Å². The van der Waals surface area contributed by atoms with Crippen molar-refractivity contribution in [1.29, 1.82) is 0 Å². The monoisotopic (exact) mass is 464 g/mol. The summed E-state index contributed by atoms with van der Waals surface area (Å²) >= 11 is 0. The van der Waals surface area contributed by atoms with Crippen LogP contribution in [-0.4, -0.2) is 37.4 Å². The fourth-order valence-corrected chi connectivity index (χ4v) is 3.67. The number of ether oxygens (including phenoxy) is 1. The van der Waals surface area contributed by atoms with E-state index in [2.05, 4.69) is 45.3 Å². The summed E-state index contributed by atoms with van der Waals surface area (Å²) in [5.41, 5.74) is 2.23. The maximum Gasteiger partial charge on any atom is 0.573 e. The molecule has 168 valence electrons. The van der Waals surface area contributed by atoms with Crippen molar-refractivity contribution in [1.82, 2.24) is 4.90 Å². The molecule has 0 saturated carbocycles. The Morgan fingerprint density at radius 2 is 1.57 bits per heavy atom. The number of piperidine rings is 1. The van der Waals surface area contributed by atoms with Crippen molar-refractivity contribution in [3.63, 3.8) is 0 Å². The van der Waals surface area contributed by atoms with Gasteiger partial charge in [-0.1, -0.05) is 30.3 Å². The highest BCUT2D eigenvalue weighted by Gasteiger charge is 2.30. The zero-order valence-electron chi connectivity index (χ0n) is 16.7. The number of alkyl halides is 3. The molecule has 0 spiro atoms. The van der Waals surface area contributed by atoms with Gasteiger partial charge in [-0.2, -0.15) is 0 Å². The molecule has 1 fully saturated rings. The van der Waals surface area contributed by atoms with E-state index in [1.807, 2.05) is 0 Å². The molecule has 8 heteroatoms. The van der Waals surface area contributed by atoms with Gasteiger partial charge in [0.25, 0.3) is 0 Å². The van der Waals surface area contributed by atoms with E-state index in [-0.39, 0.29) is 30.6 Å².